The lowest BCUT2D eigenvalue weighted by atomic mass is 10.1. The van der Waals surface area contributed by atoms with E-state index in [1.807, 2.05) is 12.1 Å². The van der Waals surface area contributed by atoms with E-state index in [1.165, 1.54) is 11.3 Å². The summed E-state index contributed by atoms with van der Waals surface area (Å²) >= 11 is 0. The molecule has 1 aliphatic rings. The molecular formula is C11H15NO2. The first-order chi connectivity index (χ1) is 6.72. The van der Waals surface area contributed by atoms with Crippen LogP contribution in [0.1, 0.15) is 12.5 Å². The van der Waals surface area contributed by atoms with Gasteiger partial charge in [0.15, 0.2) is 11.5 Å². The molecular weight excluding hydrogens is 178 g/mol. The fourth-order valence-electron chi connectivity index (χ4n) is 1.61. The quantitative estimate of drug-likeness (QED) is 0.718. The smallest absolute Gasteiger partial charge is 0.231 e. The number of benzene rings is 1. The molecule has 0 saturated heterocycles. The van der Waals surface area contributed by atoms with Crippen molar-refractivity contribution in [2.75, 3.05) is 25.3 Å². The average Bonchev–Trinajstić information content (AvgIpc) is 2.62. The molecule has 2 rings (SSSR count). The zero-order valence-corrected chi connectivity index (χ0v) is 8.83. The third kappa shape index (κ3) is 1.39. The summed E-state index contributed by atoms with van der Waals surface area (Å²) in [4.78, 5) is 2.19. The van der Waals surface area contributed by atoms with E-state index >= 15 is 0 Å². The predicted octanol–water partition coefficient (Wildman–Crippen LogP) is 2.18. The number of fused-ring (bicyclic) bond motifs is 1. The number of anilines is 1. The van der Waals surface area contributed by atoms with Gasteiger partial charge in [-0.15, -0.1) is 0 Å². The molecule has 0 bridgehead atoms. The van der Waals surface area contributed by atoms with Crippen LogP contribution in [0.3, 0.4) is 0 Å². The molecule has 0 aliphatic carbocycles. The van der Waals surface area contributed by atoms with Gasteiger partial charge < -0.3 is 14.4 Å². The largest absolute Gasteiger partial charge is 0.454 e. The van der Waals surface area contributed by atoms with Gasteiger partial charge in [-0.05, 0) is 25.5 Å². The van der Waals surface area contributed by atoms with Gasteiger partial charge in [-0.2, -0.15) is 0 Å². The SMILES string of the molecule is CCN(C)c1cc2c(cc1C)OCO2. The van der Waals surface area contributed by atoms with E-state index in [-0.39, 0.29) is 0 Å². The van der Waals surface area contributed by atoms with Gasteiger partial charge in [0.2, 0.25) is 6.79 Å². The Morgan fingerprint density at radius 2 is 1.93 bits per heavy atom. The molecule has 0 N–H and O–H groups in total. The summed E-state index contributed by atoms with van der Waals surface area (Å²) in [7, 11) is 2.07. The Hall–Kier alpha value is -1.38. The maximum Gasteiger partial charge on any atom is 0.231 e. The van der Waals surface area contributed by atoms with Crippen LogP contribution in [0.2, 0.25) is 0 Å². The average molecular weight is 193 g/mol. The Labute approximate surface area is 84.2 Å². The van der Waals surface area contributed by atoms with Crippen LogP contribution < -0.4 is 14.4 Å². The summed E-state index contributed by atoms with van der Waals surface area (Å²) in [5, 5.41) is 0. The molecule has 0 spiro atoms. The van der Waals surface area contributed by atoms with Crippen molar-refractivity contribution in [3.05, 3.63) is 17.7 Å². The minimum atomic E-state index is 0.341. The molecule has 0 aromatic heterocycles. The van der Waals surface area contributed by atoms with Gasteiger partial charge in [-0.1, -0.05) is 0 Å². The molecule has 1 aliphatic heterocycles. The maximum atomic E-state index is 5.34. The molecule has 0 radical (unpaired) electrons. The van der Waals surface area contributed by atoms with Crippen molar-refractivity contribution in [2.45, 2.75) is 13.8 Å². The summed E-state index contributed by atoms with van der Waals surface area (Å²) in [6.45, 7) is 5.54. The highest BCUT2D eigenvalue weighted by Gasteiger charge is 2.16. The first-order valence-electron chi connectivity index (χ1n) is 4.83. The van der Waals surface area contributed by atoms with Crippen molar-refractivity contribution in [3.63, 3.8) is 0 Å². The number of rotatable bonds is 2. The highest BCUT2D eigenvalue weighted by atomic mass is 16.7. The number of hydrogen-bond acceptors (Lipinski definition) is 3. The van der Waals surface area contributed by atoms with E-state index in [0.29, 0.717) is 6.79 Å². The van der Waals surface area contributed by atoms with E-state index in [9.17, 15) is 0 Å². The van der Waals surface area contributed by atoms with Gasteiger partial charge in [-0.25, -0.2) is 0 Å². The highest BCUT2D eigenvalue weighted by molar-refractivity contribution is 5.61. The lowest BCUT2D eigenvalue weighted by Crippen LogP contribution is -2.16. The highest BCUT2D eigenvalue weighted by Crippen LogP contribution is 2.37. The third-order valence-electron chi connectivity index (χ3n) is 2.58. The van der Waals surface area contributed by atoms with Gasteiger partial charge in [0.05, 0.1) is 0 Å². The molecule has 1 aromatic carbocycles. The van der Waals surface area contributed by atoms with Gasteiger partial charge in [0, 0.05) is 25.3 Å². The second-order valence-corrected chi connectivity index (χ2v) is 3.51. The summed E-state index contributed by atoms with van der Waals surface area (Å²) in [6.07, 6.45) is 0. The molecule has 76 valence electrons. The van der Waals surface area contributed by atoms with Crippen molar-refractivity contribution in [3.8, 4) is 11.5 Å². The molecule has 14 heavy (non-hydrogen) atoms. The summed E-state index contributed by atoms with van der Waals surface area (Å²) in [6, 6.07) is 4.07. The topological polar surface area (TPSA) is 21.7 Å². The number of ether oxygens (including phenoxy) is 2. The standard InChI is InChI=1S/C11H15NO2/c1-4-12(3)9-6-11-10(5-8(9)2)13-7-14-11/h5-6H,4,7H2,1-3H3. The molecule has 0 unspecified atom stereocenters. The molecule has 3 heteroatoms. The van der Waals surface area contributed by atoms with E-state index in [0.717, 1.165) is 18.0 Å². The van der Waals surface area contributed by atoms with E-state index in [4.69, 9.17) is 9.47 Å². The minimum absolute atomic E-state index is 0.341. The molecule has 3 nitrogen and oxygen atoms in total. The second-order valence-electron chi connectivity index (χ2n) is 3.51. The van der Waals surface area contributed by atoms with Crippen LogP contribution in [0, 0.1) is 6.92 Å². The fourth-order valence-corrected chi connectivity index (χ4v) is 1.61. The lowest BCUT2D eigenvalue weighted by Gasteiger charge is -2.19. The van der Waals surface area contributed by atoms with Crippen LogP contribution >= 0.6 is 0 Å². The van der Waals surface area contributed by atoms with Gasteiger partial charge >= 0.3 is 0 Å². The monoisotopic (exact) mass is 193 g/mol. The Balaban J connectivity index is 2.42. The summed E-state index contributed by atoms with van der Waals surface area (Å²) < 4.78 is 10.6. The Kier molecular flexibility index (Phi) is 2.23. The Bertz CT molecular complexity index is 349. The summed E-state index contributed by atoms with van der Waals surface area (Å²) in [5.74, 6) is 1.71. The van der Waals surface area contributed by atoms with Crippen LogP contribution in [0.25, 0.3) is 0 Å². The van der Waals surface area contributed by atoms with Crippen LogP contribution in [0.5, 0.6) is 11.5 Å². The van der Waals surface area contributed by atoms with Crippen molar-refractivity contribution in [1.29, 1.82) is 0 Å². The predicted molar refractivity (Wildman–Crippen MR) is 56.2 cm³/mol. The van der Waals surface area contributed by atoms with Gasteiger partial charge in [-0.3, -0.25) is 0 Å². The summed E-state index contributed by atoms with van der Waals surface area (Å²) in [5.41, 5.74) is 2.43. The van der Waals surface area contributed by atoms with Crippen LogP contribution in [-0.2, 0) is 0 Å². The normalized spacial score (nSPS) is 13.1. The minimum Gasteiger partial charge on any atom is -0.454 e. The molecule has 0 fully saturated rings. The van der Waals surface area contributed by atoms with E-state index in [2.05, 4.69) is 25.8 Å². The Morgan fingerprint density at radius 3 is 2.57 bits per heavy atom. The first kappa shape index (κ1) is 9.19. The number of nitrogens with zero attached hydrogens (tertiary/aromatic N) is 1. The van der Waals surface area contributed by atoms with E-state index < -0.39 is 0 Å². The van der Waals surface area contributed by atoms with E-state index in [1.54, 1.807) is 0 Å². The molecule has 0 saturated carbocycles. The maximum absolute atomic E-state index is 5.34. The van der Waals surface area contributed by atoms with Gasteiger partial charge in [0.25, 0.3) is 0 Å². The Morgan fingerprint density at radius 1 is 1.29 bits per heavy atom. The molecule has 0 atom stereocenters. The second kappa shape index (κ2) is 3.40. The zero-order valence-electron chi connectivity index (χ0n) is 8.83. The number of hydrogen-bond donors (Lipinski definition) is 0. The van der Waals surface area contributed by atoms with Crippen LogP contribution in [0.4, 0.5) is 5.69 Å². The van der Waals surface area contributed by atoms with Crippen LogP contribution in [0.15, 0.2) is 12.1 Å². The molecule has 1 heterocycles. The molecule has 1 aromatic rings. The van der Waals surface area contributed by atoms with Gasteiger partial charge in [0.1, 0.15) is 0 Å². The molecule has 0 amide bonds. The fraction of sp³-hybridized carbons (Fsp3) is 0.455. The number of aryl methyl sites for hydroxylation is 1. The van der Waals surface area contributed by atoms with Crippen molar-refractivity contribution >= 4 is 5.69 Å². The zero-order chi connectivity index (χ0) is 10.1. The first-order valence-corrected chi connectivity index (χ1v) is 4.83. The third-order valence-corrected chi connectivity index (χ3v) is 2.58. The van der Waals surface area contributed by atoms with Crippen molar-refractivity contribution in [2.24, 2.45) is 0 Å². The van der Waals surface area contributed by atoms with Crippen molar-refractivity contribution < 1.29 is 9.47 Å². The lowest BCUT2D eigenvalue weighted by molar-refractivity contribution is 0.174. The van der Waals surface area contributed by atoms with Crippen LogP contribution in [-0.4, -0.2) is 20.4 Å². The van der Waals surface area contributed by atoms with Crippen molar-refractivity contribution in [1.82, 2.24) is 0 Å².